The summed E-state index contributed by atoms with van der Waals surface area (Å²) in [5.41, 5.74) is 1.24. The number of esters is 1. The smallest absolute Gasteiger partial charge is 0.357 e. The highest BCUT2D eigenvalue weighted by atomic mass is 32.1. The van der Waals surface area contributed by atoms with Crippen LogP contribution in [0.15, 0.2) is 35.7 Å². The van der Waals surface area contributed by atoms with Crippen molar-refractivity contribution in [2.75, 3.05) is 26.9 Å². The molecule has 0 aliphatic rings. The summed E-state index contributed by atoms with van der Waals surface area (Å²) in [5, 5.41) is 2.35. The van der Waals surface area contributed by atoms with E-state index >= 15 is 0 Å². The van der Waals surface area contributed by atoms with E-state index in [0.29, 0.717) is 37.7 Å². The number of rotatable bonds is 9. The minimum Gasteiger partial charge on any atom is -0.461 e. The Morgan fingerprint density at radius 3 is 2.68 bits per heavy atom. The van der Waals surface area contributed by atoms with Crippen LogP contribution in [0.5, 0.6) is 0 Å². The topological polar surface area (TPSA) is 68.7 Å². The Bertz CT molecular complexity index is 687. The van der Waals surface area contributed by atoms with E-state index in [1.807, 2.05) is 30.3 Å². The Morgan fingerprint density at radius 1 is 1.24 bits per heavy atom. The Kier molecular flexibility index (Phi) is 7.56. The minimum absolute atomic E-state index is 0.00358. The third-order valence-corrected chi connectivity index (χ3v) is 4.31. The predicted molar refractivity (Wildman–Crippen MR) is 95.5 cm³/mol. The number of carbonyl (C=O) groups excluding carboxylic acids is 2. The van der Waals surface area contributed by atoms with Crippen molar-refractivity contribution in [1.82, 2.24) is 9.88 Å². The summed E-state index contributed by atoms with van der Waals surface area (Å²) >= 11 is 1.34. The molecule has 1 aromatic heterocycles. The number of thiazole rings is 1. The minimum atomic E-state index is -0.441. The number of carbonyl (C=O) groups is 2. The molecule has 1 aromatic carbocycles. The molecule has 1 heterocycles. The van der Waals surface area contributed by atoms with Crippen LogP contribution in [0, 0.1) is 0 Å². The fourth-order valence-corrected chi connectivity index (χ4v) is 3.00. The summed E-state index contributed by atoms with van der Waals surface area (Å²) in [6.07, 6.45) is 0.320. The van der Waals surface area contributed by atoms with Gasteiger partial charge in [0.15, 0.2) is 5.69 Å². The number of hydrogen-bond donors (Lipinski definition) is 0. The SMILES string of the molecule is CCOC(=O)c1csc(CN(CCOC)C(=O)Cc2ccccc2)n1. The molecule has 0 bridgehead atoms. The molecule has 0 saturated heterocycles. The van der Waals surface area contributed by atoms with Gasteiger partial charge in [0.2, 0.25) is 5.91 Å². The molecule has 0 radical (unpaired) electrons. The van der Waals surface area contributed by atoms with Gasteiger partial charge in [0.25, 0.3) is 0 Å². The quantitative estimate of drug-likeness (QED) is 0.641. The molecule has 0 fully saturated rings. The Labute approximate surface area is 151 Å². The van der Waals surface area contributed by atoms with Crippen molar-refractivity contribution in [1.29, 1.82) is 0 Å². The molecule has 0 unspecified atom stereocenters. The van der Waals surface area contributed by atoms with Crippen molar-refractivity contribution >= 4 is 23.2 Å². The number of methoxy groups -OCH3 is 1. The first-order valence-corrected chi connectivity index (χ1v) is 8.94. The molecule has 7 heteroatoms. The summed E-state index contributed by atoms with van der Waals surface area (Å²) in [4.78, 5) is 30.3. The first kappa shape index (κ1) is 19.1. The molecule has 0 spiro atoms. The molecule has 1 amide bonds. The average Bonchev–Trinajstić information content (AvgIpc) is 3.08. The standard InChI is InChI=1S/C18H22N2O4S/c1-3-24-18(22)15-13-25-16(19-15)12-20(9-10-23-2)17(21)11-14-7-5-4-6-8-14/h4-8,13H,3,9-12H2,1-2H3. The van der Waals surface area contributed by atoms with Crippen LogP contribution in [0.1, 0.15) is 28.0 Å². The van der Waals surface area contributed by atoms with Crippen LogP contribution in [0.4, 0.5) is 0 Å². The van der Waals surface area contributed by atoms with Crippen LogP contribution in [-0.2, 0) is 27.2 Å². The van der Waals surface area contributed by atoms with Crippen LogP contribution >= 0.6 is 11.3 Å². The molecule has 134 valence electrons. The van der Waals surface area contributed by atoms with E-state index in [0.717, 1.165) is 5.56 Å². The summed E-state index contributed by atoms with van der Waals surface area (Å²) in [7, 11) is 1.60. The maximum absolute atomic E-state index is 12.6. The van der Waals surface area contributed by atoms with Crippen LogP contribution in [-0.4, -0.2) is 48.6 Å². The van der Waals surface area contributed by atoms with E-state index in [4.69, 9.17) is 9.47 Å². The van der Waals surface area contributed by atoms with Crippen LogP contribution in [0.2, 0.25) is 0 Å². The highest BCUT2D eigenvalue weighted by Crippen LogP contribution is 2.14. The Morgan fingerprint density at radius 2 is 2.00 bits per heavy atom. The zero-order chi connectivity index (χ0) is 18.1. The van der Waals surface area contributed by atoms with Crippen molar-refractivity contribution in [3.05, 3.63) is 52.0 Å². The lowest BCUT2D eigenvalue weighted by atomic mass is 10.1. The summed E-state index contributed by atoms with van der Waals surface area (Å²) < 4.78 is 10.0. The molecule has 0 saturated carbocycles. The molecule has 25 heavy (non-hydrogen) atoms. The lowest BCUT2D eigenvalue weighted by molar-refractivity contribution is -0.131. The van der Waals surface area contributed by atoms with Crippen LogP contribution < -0.4 is 0 Å². The summed E-state index contributed by atoms with van der Waals surface area (Å²) in [6, 6.07) is 9.59. The van der Waals surface area contributed by atoms with Crippen molar-refractivity contribution < 1.29 is 19.1 Å². The van der Waals surface area contributed by atoms with Gasteiger partial charge < -0.3 is 14.4 Å². The first-order valence-electron chi connectivity index (χ1n) is 8.06. The third-order valence-electron chi connectivity index (χ3n) is 3.48. The Hall–Kier alpha value is -2.25. The van der Waals surface area contributed by atoms with Gasteiger partial charge in [0.05, 0.1) is 26.2 Å². The van der Waals surface area contributed by atoms with Gasteiger partial charge in [-0.15, -0.1) is 11.3 Å². The lowest BCUT2D eigenvalue weighted by Gasteiger charge is -2.21. The molecule has 6 nitrogen and oxygen atoms in total. The van der Waals surface area contributed by atoms with E-state index in [-0.39, 0.29) is 11.6 Å². The second-order valence-electron chi connectivity index (χ2n) is 5.32. The summed E-state index contributed by atoms with van der Waals surface area (Å²) in [6.45, 7) is 3.31. The normalized spacial score (nSPS) is 10.5. The highest BCUT2D eigenvalue weighted by Gasteiger charge is 2.18. The van der Waals surface area contributed by atoms with E-state index in [2.05, 4.69) is 4.98 Å². The van der Waals surface area contributed by atoms with Crippen molar-refractivity contribution in [3.63, 3.8) is 0 Å². The van der Waals surface area contributed by atoms with E-state index in [1.54, 1.807) is 24.3 Å². The van der Waals surface area contributed by atoms with E-state index in [1.165, 1.54) is 11.3 Å². The molecular weight excluding hydrogens is 340 g/mol. The molecule has 0 N–H and O–H groups in total. The van der Waals surface area contributed by atoms with Gasteiger partial charge in [-0.25, -0.2) is 9.78 Å². The molecule has 0 aliphatic heterocycles. The number of amides is 1. The van der Waals surface area contributed by atoms with Gasteiger partial charge in [-0.05, 0) is 12.5 Å². The number of nitrogens with zero attached hydrogens (tertiary/aromatic N) is 2. The van der Waals surface area contributed by atoms with Crippen molar-refractivity contribution in [3.8, 4) is 0 Å². The maximum Gasteiger partial charge on any atom is 0.357 e. The van der Waals surface area contributed by atoms with Crippen LogP contribution in [0.3, 0.4) is 0 Å². The predicted octanol–water partition coefficient (Wildman–Crippen LogP) is 2.54. The number of hydrogen-bond acceptors (Lipinski definition) is 6. The van der Waals surface area contributed by atoms with Gasteiger partial charge in [0, 0.05) is 19.0 Å². The maximum atomic E-state index is 12.6. The molecule has 2 rings (SSSR count). The molecule has 0 atom stereocenters. The largest absolute Gasteiger partial charge is 0.461 e. The fraction of sp³-hybridized carbons (Fsp3) is 0.389. The van der Waals surface area contributed by atoms with Gasteiger partial charge in [-0.1, -0.05) is 30.3 Å². The second kappa shape index (κ2) is 9.90. The molecule has 2 aromatic rings. The van der Waals surface area contributed by atoms with Crippen LogP contribution in [0.25, 0.3) is 0 Å². The first-order chi connectivity index (χ1) is 12.1. The zero-order valence-corrected chi connectivity index (χ0v) is 15.3. The number of aromatic nitrogens is 1. The average molecular weight is 362 g/mol. The lowest BCUT2D eigenvalue weighted by Crippen LogP contribution is -2.34. The summed E-state index contributed by atoms with van der Waals surface area (Å²) in [5.74, 6) is -0.444. The second-order valence-corrected chi connectivity index (χ2v) is 6.26. The third kappa shape index (κ3) is 5.95. The van der Waals surface area contributed by atoms with Gasteiger partial charge >= 0.3 is 5.97 Å². The Balaban J connectivity index is 2.04. The zero-order valence-electron chi connectivity index (χ0n) is 14.4. The monoisotopic (exact) mass is 362 g/mol. The van der Waals surface area contributed by atoms with Gasteiger partial charge in [0.1, 0.15) is 5.01 Å². The van der Waals surface area contributed by atoms with E-state index < -0.39 is 5.97 Å². The van der Waals surface area contributed by atoms with Crippen molar-refractivity contribution in [2.45, 2.75) is 19.9 Å². The van der Waals surface area contributed by atoms with Gasteiger partial charge in [-0.2, -0.15) is 0 Å². The van der Waals surface area contributed by atoms with Gasteiger partial charge in [-0.3, -0.25) is 4.79 Å². The molecule has 0 aliphatic carbocycles. The molecular formula is C18H22N2O4S. The van der Waals surface area contributed by atoms with E-state index in [9.17, 15) is 9.59 Å². The van der Waals surface area contributed by atoms with Crippen molar-refractivity contribution in [2.24, 2.45) is 0 Å². The number of benzene rings is 1. The fourth-order valence-electron chi connectivity index (χ4n) is 2.22. The number of ether oxygens (including phenoxy) is 2. The highest BCUT2D eigenvalue weighted by molar-refractivity contribution is 7.09.